The molecule has 1 N–H and O–H groups in total. The summed E-state index contributed by atoms with van der Waals surface area (Å²) in [6.07, 6.45) is 2.43. The number of amides is 1. The first-order valence-corrected chi connectivity index (χ1v) is 9.43. The van der Waals surface area contributed by atoms with Crippen molar-refractivity contribution >= 4 is 46.6 Å². The summed E-state index contributed by atoms with van der Waals surface area (Å²) in [6.45, 7) is 2.86. The minimum Gasteiger partial charge on any atom is -0.453 e. The van der Waals surface area contributed by atoms with Crippen LogP contribution in [-0.2, 0) is 16.0 Å². The van der Waals surface area contributed by atoms with Crippen molar-refractivity contribution in [2.24, 2.45) is 0 Å². The number of carbonyl (C=O) groups excluding carboxylic acids is 3. The van der Waals surface area contributed by atoms with E-state index < -0.39 is 12.6 Å². The van der Waals surface area contributed by atoms with Crippen molar-refractivity contribution in [3.63, 3.8) is 0 Å². The van der Waals surface area contributed by atoms with Gasteiger partial charge < -0.3 is 10.1 Å². The number of hydrogen-bond acceptors (Lipinski definition) is 8. The first kappa shape index (κ1) is 19.1. The van der Waals surface area contributed by atoms with Crippen LogP contribution in [0.1, 0.15) is 39.6 Å². The van der Waals surface area contributed by atoms with Gasteiger partial charge in [0.2, 0.25) is 5.91 Å². The zero-order chi connectivity index (χ0) is 18.4. The quantitative estimate of drug-likeness (QED) is 0.449. The molecule has 7 nitrogen and oxygen atoms in total. The third-order valence-electron chi connectivity index (χ3n) is 3.24. The number of esters is 1. The van der Waals surface area contributed by atoms with E-state index in [1.54, 1.807) is 18.2 Å². The minimum atomic E-state index is -0.608. The molecule has 1 amide bonds. The lowest BCUT2D eigenvalue weighted by molar-refractivity contribution is -0.114. The molecule has 0 bridgehead atoms. The number of benzene rings is 1. The van der Waals surface area contributed by atoms with E-state index in [1.807, 2.05) is 13.2 Å². The Balaban J connectivity index is 2.08. The van der Waals surface area contributed by atoms with Crippen molar-refractivity contribution < 1.29 is 19.1 Å². The number of ketones is 1. The van der Waals surface area contributed by atoms with Crippen molar-refractivity contribution in [1.82, 2.24) is 9.59 Å². The Morgan fingerprint density at radius 2 is 2.08 bits per heavy atom. The van der Waals surface area contributed by atoms with E-state index in [9.17, 15) is 14.4 Å². The molecule has 132 valence electrons. The lowest BCUT2D eigenvalue weighted by Crippen LogP contribution is -2.15. The van der Waals surface area contributed by atoms with E-state index in [2.05, 4.69) is 14.9 Å². The van der Waals surface area contributed by atoms with Gasteiger partial charge in [-0.25, -0.2) is 4.79 Å². The molecule has 25 heavy (non-hydrogen) atoms. The summed E-state index contributed by atoms with van der Waals surface area (Å²) in [7, 11) is 0. The van der Waals surface area contributed by atoms with Gasteiger partial charge in [-0.15, -0.1) is 16.9 Å². The van der Waals surface area contributed by atoms with Crippen LogP contribution in [0.25, 0.3) is 0 Å². The predicted molar refractivity (Wildman–Crippen MR) is 96.4 cm³/mol. The summed E-state index contributed by atoms with van der Waals surface area (Å²) in [4.78, 5) is 36.8. The number of rotatable bonds is 7. The summed E-state index contributed by atoms with van der Waals surface area (Å²) >= 11 is 2.40. The second-order valence-electron chi connectivity index (χ2n) is 5.00. The van der Waals surface area contributed by atoms with Gasteiger partial charge in [0.1, 0.15) is 0 Å². The van der Waals surface area contributed by atoms with Crippen LogP contribution in [0.15, 0.2) is 23.1 Å². The maximum Gasteiger partial charge on any atom is 0.352 e. The number of nitrogens with zero attached hydrogens (tertiary/aromatic N) is 2. The zero-order valence-corrected chi connectivity index (χ0v) is 15.6. The number of carbonyl (C=O) groups is 3. The van der Waals surface area contributed by atoms with E-state index in [0.29, 0.717) is 28.2 Å². The van der Waals surface area contributed by atoms with Crippen molar-refractivity contribution in [2.45, 2.75) is 25.2 Å². The van der Waals surface area contributed by atoms with Crippen LogP contribution in [0.2, 0.25) is 0 Å². The second-order valence-corrected chi connectivity index (χ2v) is 6.60. The highest BCUT2D eigenvalue weighted by Gasteiger charge is 2.18. The Labute approximate surface area is 153 Å². The number of thioether (sulfide) groups is 1. The maximum absolute atomic E-state index is 12.3. The SMILES string of the molecule is CCc1nnsc1C(=O)OCC(=O)c1ccc(SC)c(NC(C)=O)c1. The van der Waals surface area contributed by atoms with Crippen molar-refractivity contribution in [3.05, 3.63) is 34.3 Å². The molecule has 0 aliphatic rings. The van der Waals surface area contributed by atoms with Crippen LogP contribution in [0, 0.1) is 0 Å². The Bertz CT molecular complexity index is 804. The smallest absolute Gasteiger partial charge is 0.352 e. The largest absolute Gasteiger partial charge is 0.453 e. The molecule has 0 fully saturated rings. The third kappa shape index (κ3) is 4.86. The highest BCUT2D eigenvalue weighted by molar-refractivity contribution is 7.98. The van der Waals surface area contributed by atoms with Gasteiger partial charge in [0.15, 0.2) is 17.3 Å². The molecule has 0 radical (unpaired) electrons. The number of hydrogen-bond donors (Lipinski definition) is 1. The molecule has 1 aromatic carbocycles. The van der Waals surface area contributed by atoms with E-state index in [1.165, 1.54) is 18.7 Å². The lowest BCUT2D eigenvalue weighted by Gasteiger charge is -2.10. The molecular weight excluding hydrogens is 362 g/mol. The van der Waals surface area contributed by atoms with Gasteiger partial charge in [-0.2, -0.15) is 0 Å². The van der Waals surface area contributed by atoms with Crippen LogP contribution in [0.3, 0.4) is 0 Å². The minimum absolute atomic E-state index is 0.226. The van der Waals surface area contributed by atoms with Crippen LogP contribution in [0.4, 0.5) is 5.69 Å². The molecule has 2 aromatic rings. The average Bonchev–Trinajstić information content (AvgIpc) is 3.07. The van der Waals surface area contributed by atoms with E-state index >= 15 is 0 Å². The van der Waals surface area contributed by atoms with Gasteiger partial charge in [-0.05, 0) is 36.3 Å². The number of ether oxygens (including phenoxy) is 1. The summed E-state index contributed by atoms with van der Waals surface area (Å²) in [5.41, 5.74) is 1.46. The number of aryl methyl sites for hydroxylation is 1. The van der Waals surface area contributed by atoms with Crippen molar-refractivity contribution in [2.75, 3.05) is 18.2 Å². The molecule has 0 atom stereocenters. The van der Waals surface area contributed by atoms with Gasteiger partial charge >= 0.3 is 5.97 Å². The Morgan fingerprint density at radius 3 is 2.72 bits per heavy atom. The first-order valence-electron chi connectivity index (χ1n) is 7.43. The Hall–Kier alpha value is -2.26. The molecule has 1 aromatic heterocycles. The number of aromatic nitrogens is 2. The molecule has 1 heterocycles. The first-order chi connectivity index (χ1) is 12.0. The van der Waals surface area contributed by atoms with Crippen LogP contribution in [0.5, 0.6) is 0 Å². The lowest BCUT2D eigenvalue weighted by atomic mass is 10.1. The summed E-state index contributed by atoms with van der Waals surface area (Å²) in [6, 6.07) is 4.96. The average molecular weight is 379 g/mol. The van der Waals surface area contributed by atoms with E-state index in [0.717, 1.165) is 16.4 Å². The molecule has 9 heteroatoms. The van der Waals surface area contributed by atoms with Gasteiger partial charge in [0, 0.05) is 17.4 Å². The fraction of sp³-hybridized carbons (Fsp3) is 0.312. The monoisotopic (exact) mass is 379 g/mol. The van der Waals surface area contributed by atoms with Gasteiger partial charge in [0.05, 0.1) is 11.4 Å². The maximum atomic E-state index is 12.3. The normalized spacial score (nSPS) is 10.4. The molecule has 0 aliphatic heterocycles. The molecular formula is C16H17N3O4S2. The molecule has 2 rings (SSSR count). The fourth-order valence-electron chi connectivity index (χ4n) is 2.04. The van der Waals surface area contributed by atoms with Gasteiger partial charge in [0.25, 0.3) is 0 Å². The highest BCUT2D eigenvalue weighted by atomic mass is 32.2. The number of anilines is 1. The predicted octanol–water partition coefficient (Wildman–Crippen LogP) is 2.82. The molecule has 0 unspecified atom stereocenters. The standard InChI is InChI=1S/C16H17N3O4S2/c1-4-11-15(25-19-18-11)16(22)23-8-13(21)10-5-6-14(24-3)12(7-10)17-9(2)20/h5-7H,4,8H2,1-3H3,(H,17,20). The summed E-state index contributed by atoms with van der Waals surface area (Å²) in [5, 5.41) is 6.53. The number of nitrogens with one attached hydrogen (secondary N) is 1. The Morgan fingerprint density at radius 1 is 1.32 bits per heavy atom. The summed E-state index contributed by atoms with van der Waals surface area (Å²) in [5.74, 6) is -1.19. The van der Waals surface area contributed by atoms with Gasteiger partial charge in [-0.1, -0.05) is 17.5 Å². The molecule has 0 saturated carbocycles. The second kappa shape index (κ2) is 8.72. The van der Waals surface area contributed by atoms with Crippen LogP contribution >= 0.6 is 23.3 Å². The van der Waals surface area contributed by atoms with Crippen molar-refractivity contribution in [3.8, 4) is 0 Å². The van der Waals surface area contributed by atoms with Crippen LogP contribution in [-0.4, -0.2) is 40.1 Å². The number of Topliss-reactive ketones (excluding diaryl/α,β-unsaturated/α-hetero) is 1. The van der Waals surface area contributed by atoms with Crippen LogP contribution < -0.4 is 5.32 Å². The highest BCUT2D eigenvalue weighted by Crippen LogP contribution is 2.26. The van der Waals surface area contributed by atoms with E-state index in [4.69, 9.17) is 4.74 Å². The topological polar surface area (TPSA) is 98.2 Å². The zero-order valence-electron chi connectivity index (χ0n) is 14.0. The van der Waals surface area contributed by atoms with E-state index in [-0.39, 0.29) is 11.7 Å². The molecule has 0 saturated heterocycles. The third-order valence-corrected chi connectivity index (χ3v) is 4.79. The summed E-state index contributed by atoms with van der Waals surface area (Å²) < 4.78 is 8.79. The molecule has 0 spiro atoms. The van der Waals surface area contributed by atoms with Gasteiger partial charge in [-0.3, -0.25) is 9.59 Å². The fourth-order valence-corrected chi connectivity index (χ4v) is 3.22. The molecule has 0 aliphatic carbocycles. The Kier molecular flexibility index (Phi) is 6.65. The van der Waals surface area contributed by atoms with Crippen molar-refractivity contribution in [1.29, 1.82) is 0 Å².